The van der Waals surface area contributed by atoms with E-state index in [1.807, 2.05) is 37.3 Å². The van der Waals surface area contributed by atoms with E-state index in [1.165, 1.54) is 18.2 Å². The third kappa shape index (κ3) is 3.69. The molecule has 5 heteroatoms. The van der Waals surface area contributed by atoms with Crippen molar-refractivity contribution in [2.75, 3.05) is 6.61 Å². The predicted octanol–water partition coefficient (Wildman–Crippen LogP) is 3.83. The van der Waals surface area contributed by atoms with Crippen LogP contribution in [0.1, 0.15) is 18.7 Å². The van der Waals surface area contributed by atoms with Crippen molar-refractivity contribution in [1.29, 1.82) is 0 Å². The molecule has 0 saturated carbocycles. The Balaban J connectivity index is 1.58. The van der Waals surface area contributed by atoms with Gasteiger partial charge >= 0.3 is 0 Å². The molecule has 0 aliphatic carbocycles. The molecule has 1 N–H and O–H groups in total. The molecule has 2 aromatic carbocycles. The molecule has 1 heterocycles. The standard InChI is InChI=1S/C18H16FNO3/c1-12(17-9-13-5-2-3-8-16(13)23-17)20-18(21)11-22-15-7-4-6-14(19)10-15/h2-10,12H,11H2,1H3,(H,20,21)/t12-/m0/s1. The minimum absolute atomic E-state index is 0.186. The van der Waals surface area contributed by atoms with Gasteiger partial charge in [-0.05, 0) is 31.2 Å². The van der Waals surface area contributed by atoms with Crippen LogP contribution in [0.4, 0.5) is 4.39 Å². The molecule has 118 valence electrons. The average Bonchev–Trinajstić information content (AvgIpc) is 2.97. The summed E-state index contributed by atoms with van der Waals surface area (Å²) in [4.78, 5) is 11.9. The highest BCUT2D eigenvalue weighted by atomic mass is 19.1. The monoisotopic (exact) mass is 313 g/mol. The zero-order valence-electron chi connectivity index (χ0n) is 12.6. The number of hydrogen-bond donors (Lipinski definition) is 1. The van der Waals surface area contributed by atoms with Crippen LogP contribution < -0.4 is 10.1 Å². The first-order chi connectivity index (χ1) is 11.1. The predicted molar refractivity (Wildman–Crippen MR) is 84.7 cm³/mol. The van der Waals surface area contributed by atoms with Crippen LogP contribution in [0.3, 0.4) is 0 Å². The van der Waals surface area contributed by atoms with Gasteiger partial charge in [-0.15, -0.1) is 0 Å². The average molecular weight is 313 g/mol. The highest BCUT2D eigenvalue weighted by Gasteiger charge is 2.14. The van der Waals surface area contributed by atoms with Gasteiger partial charge in [0.1, 0.15) is 22.9 Å². The Kier molecular flexibility index (Phi) is 4.28. The summed E-state index contributed by atoms with van der Waals surface area (Å²) in [5.41, 5.74) is 0.777. The highest BCUT2D eigenvalue weighted by molar-refractivity contribution is 5.79. The molecule has 0 unspecified atom stereocenters. The second kappa shape index (κ2) is 6.52. The molecule has 1 atom stereocenters. The van der Waals surface area contributed by atoms with Crippen molar-refractivity contribution in [3.8, 4) is 5.75 Å². The van der Waals surface area contributed by atoms with Crippen LogP contribution in [0, 0.1) is 5.82 Å². The van der Waals surface area contributed by atoms with Gasteiger partial charge in [0.2, 0.25) is 0 Å². The van der Waals surface area contributed by atoms with Gasteiger partial charge in [0.15, 0.2) is 6.61 Å². The Labute approximate surface area is 132 Å². The summed E-state index contributed by atoms with van der Waals surface area (Å²) in [6, 6.07) is 14.9. The van der Waals surface area contributed by atoms with Crippen molar-refractivity contribution < 1.29 is 18.3 Å². The molecule has 0 radical (unpaired) electrons. The van der Waals surface area contributed by atoms with Crippen molar-refractivity contribution in [2.45, 2.75) is 13.0 Å². The third-order valence-electron chi connectivity index (χ3n) is 3.41. The number of carbonyl (C=O) groups excluding carboxylic acids is 1. The maximum Gasteiger partial charge on any atom is 0.258 e. The van der Waals surface area contributed by atoms with E-state index in [0.717, 1.165) is 11.0 Å². The van der Waals surface area contributed by atoms with E-state index in [2.05, 4.69) is 5.32 Å². The van der Waals surface area contributed by atoms with E-state index in [-0.39, 0.29) is 18.6 Å². The van der Waals surface area contributed by atoms with Crippen molar-refractivity contribution in [1.82, 2.24) is 5.32 Å². The summed E-state index contributed by atoms with van der Waals surface area (Å²) in [6.07, 6.45) is 0. The molecule has 3 aromatic rings. The molecular weight excluding hydrogens is 297 g/mol. The number of furan rings is 1. The fourth-order valence-corrected chi connectivity index (χ4v) is 2.28. The number of benzene rings is 2. The molecule has 0 bridgehead atoms. The summed E-state index contributed by atoms with van der Waals surface area (Å²) in [6.45, 7) is 1.64. The number of rotatable bonds is 5. The molecular formula is C18H16FNO3. The number of amides is 1. The van der Waals surface area contributed by atoms with Crippen LogP contribution in [0.5, 0.6) is 5.75 Å². The lowest BCUT2D eigenvalue weighted by atomic mass is 10.2. The molecule has 1 amide bonds. The van der Waals surface area contributed by atoms with Gasteiger partial charge < -0.3 is 14.5 Å². The summed E-state index contributed by atoms with van der Waals surface area (Å²) in [5, 5.41) is 3.78. The summed E-state index contributed by atoms with van der Waals surface area (Å²) in [5.74, 6) is 0.280. The van der Waals surface area contributed by atoms with Gasteiger partial charge in [0.05, 0.1) is 6.04 Å². The van der Waals surface area contributed by atoms with Crippen LogP contribution in [-0.4, -0.2) is 12.5 Å². The van der Waals surface area contributed by atoms with E-state index in [0.29, 0.717) is 11.5 Å². The van der Waals surface area contributed by atoms with Gasteiger partial charge in [-0.3, -0.25) is 4.79 Å². The molecule has 0 saturated heterocycles. The van der Waals surface area contributed by atoms with Gasteiger partial charge in [0.25, 0.3) is 5.91 Å². The number of ether oxygens (including phenoxy) is 1. The zero-order chi connectivity index (χ0) is 16.2. The number of carbonyl (C=O) groups is 1. The second-order valence-corrected chi connectivity index (χ2v) is 5.22. The van der Waals surface area contributed by atoms with Crippen molar-refractivity contribution in [3.05, 3.63) is 66.2 Å². The van der Waals surface area contributed by atoms with Gasteiger partial charge in [-0.25, -0.2) is 4.39 Å². The van der Waals surface area contributed by atoms with Crippen molar-refractivity contribution in [2.24, 2.45) is 0 Å². The Hall–Kier alpha value is -2.82. The smallest absolute Gasteiger partial charge is 0.258 e. The number of fused-ring (bicyclic) bond motifs is 1. The molecule has 0 fully saturated rings. The minimum Gasteiger partial charge on any atom is -0.484 e. The summed E-state index contributed by atoms with van der Waals surface area (Å²) < 4.78 is 24.0. The lowest BCUT2D eigenvalue weighted by Crippen LogP contribution is -2.31. The van der Waals surface area contributed by atoms with E-state index in [1.54, 1.807) is 6.07 Å². The Morgan fingerprint density at radius 1 is 1.22 bits per heavy atom. The van der Waals surface area contributed by atoms with Gasteiger partial charge in [0, 0.05) is 11.5 Å². The Morgan fingerprint density at radius 3 is 2.83 bits per heavy atom. The Morgan fingerprint density at radius 2 is 2.04 bits per heavy atom. The lowest BCUT2D eigenvalue weighted by molar-refractivity contribution is -0.123. The zero-order valence-corrected chi connectivity index (χ0v) is 12.6. The van der Waals surface area contributed by atoms with Crippen LogP contribution in [-0.2, 0) is 4.79 Å². The van der Waals surface area contributed by atoms with Gasteiger partial charge in [-0.2, -0.15) is 0 Å². The van der Waals surface area contributed by atoms with Crippen LogP contribution in [0.2, 0.25) is 0 Å². The maximum atomic E-state index is 13.0. The van der Waals surface area contributed by atoms with E-state index < -0.39 is 5.82 Å². The molecule has 0 spiro atoms. The molecule has 0 aliphatic rings. The lowest BCUT2D eigenvalue weighted by Gasteiger charge is -2.12. The molecule has 23 heavy (non-hydrogen) atoms. The summed E-state index contributed by atoms with van der Waals surface area (Å²) in [7, 11) is 0. The quantitative estimate of drug-likeness (QED) is 0.779. The molecule has 1 aromatic heterocycles. The number of hydrogen-bond acceptors (Lipinski definition) is 3. The fraction of sp³-hybridized carbons (Fsp3) is 0.167. The van der Waals surface area contributed by atoms with E-state index in [9.17, 15) is 9.18 Å². The topological polar surface area (TPSA) is 51.5 Å². The second-order valence-electron chi connectivity index (χ2n) is 5.22. The first kappa shape index (κ1) is 15.1. The number of nitrogens with one attached hydrogen (secondary N) is 1. The normalized spacial score (nSPS) is 12.1. The fourth-order valence-electron chi connectivity index (χ4n) is 2.28. The van der Waals surface area contributed by atoms with Gasteiger partial charge in [-0.1, -0.05) is 24.3 Å². The van der Waals surface area contributed by atoms with E-state index >= 15 is 0 Å². The van der Waals surface area contributed by atoms with Crippen molar-refractivity contribution in [3.63, 3.8) is 0 Å². The summed E-state index contributed by atoms with van der Waals surface area (Å²) >= 11 is 0. The molecule has 4 nitrogen and oxygen atoms in total. The maximum absolute atomic E-state index is 13.0. The minimum atomic E-state index is -0.404. The van der Waals surface area contributed by atoms with Crippen LogP contribution in [0.15, 0.2) is 59.0 Å². The molecule has 3 rings (SSSR count). The number of halogens is 1. The largest absolute Gasteiger partial charge is 0.484 e. The SMILES string of the molecule is C[C@H](NC(=O)COc1cccc(F)c1)c1cc2ccccc2o1. The number of para-hydroxylation sites is 1. The first-order valence-electron chi connectivity index (χ1n) is 7.28. The van der Waals surface area contributed by atoms with Crippen LogP contribution in [0.25, 0.3) is 11.0 Å². The highest BCUT2D eigenvalue weighted by Crippen LogP contribution is 2.23. The Bertz CT molecular complexity index is 795. The van der Waals surface area contributed by atoms with Crippen molar-refractivity contribution >= 4 is 16.9 Å². The first-order valence-corrected chi connectivity index (χ1v) is 7.28. The van der Waals surface area contributed by atoms with E-state index in [4.69, 9.17) is 9.15 Å². The third-order valence-corrected chi connectivity index (χ3v) is 3.41. The molecule has 0 aliphatic heterocycles. The van der Waals surface area contributed by atoms with Crippen LogP contribution >= 0.6 is 0 Å².